The van der Waals surface area contributed by atoms with E-state index in [1.807, 2.05) is 0 Å². The molecule has 22 heavy (non-hydrogen) atoms. The standard InChI is InChI=1S/C10H6N4O8/c15-5-1(3(7(17)18)11-9(21)13-5)2-4(8(19)20)12-10(22)14-6(2)16/h(H,17,18)(H,19,20)(H2,11,13,15,21)(H2,12,14,16,22). The molecule has 2 rings (SSSR count). The lowest BCUT2D eigenvalue weighted by atomic mass is 10.0. The number of aromatic hydroxyl groups is 2. The van der Waals surface area contributed by atoms with Crippen molar-refractivity contribution in [2.24, 2.45) is 0 Å². The van der Waals surface area contributed by atoms with E-state index in [1.54, 1.807) is 9.97 Å². The minimum absolute atomic E-state index is 0.861. The van der Waals surface area contributed by atoms with Crippen molar-refractivity contribution in [1.82, 2.24) is 19.9 Å². The van der Waals surface area contributed by atoms with Crippen LogP contribution in [-0.2, 0) is 0 Å². The molecule has 0 aliphatic heterocycles. The number of carboxylic acid groups (broad SMARTS) is 2. The molecule has 0 radical (unpaired) electrons. The zero-order valence-electron chi connectivity index (χ0n) is 10.3. The molecule has 0 spiro atoms. The summed E-state index contributed by atoms with van der Waals surface area (Å²) >= 11 is 0. The molecule has 2 aromatic rings. The van der Waals surface area contributed by atoms with E-state index in [4.69, 9.17) is 15.3 Å². The van der Waals surface area contributed by atoms with Crippen LogP contribution in [0.25, 0.3) is 11.1 Å². The zero-order chi connectivity index (χ0) is 16.6. The van der Waals surface area contributed by atoms with Gasteiger partial charge in [0.15, 0.2) is 5.69 Å². The Morgan fingerprint density at radius 3 is 2.09 bits per heavy atom. The molecule has 12 nitrogen and oxygen atoms in total. The summed E-state index contributed by atoms with van der Waals surface area (Å²) in [5.74, 6) is -4.68. The highest BCUT2D eigenvalue weighted by molar-refractivity contribution is 6.00. The maximum absolute atomic E-state index is 11.8. The van der Waals surface area contributed by atoms with Crippen LogP contribution < -0.4 is 11.2 Å². The second-order valence-corrected chi connectivity index (χ2v) is 3.84. The Morgan fingerprint density at radius 1 is 0.909 bits per heavy atom. The summed E-state index contributed by atoms with van der Waals surface area (Å²) in [6, 6.07) is -1.10. The molecule has 114 valence electrons. The minimum atomic E-state index is -1.77. The summed E-state index contributed by atoms with van der Waals surface area (Å²) in [5.41, 5.74) is -6.16. The highest BCUT2D eigenvalue weighted by atomic mass is 16.4. The Hall–Kier alpha value is -3.70. The van der Waals surface area contributed by atoms with E-state index in [1.165, 1.54) is 0 Å². The quantitative estimate of drug-likeness (QED) is 0.379. The van der Waals surface area contributed by atoms with Crippen molar-refractivity contribution in [2.75, 3.05) is 0 Å². The van der Waals surface area contributed by atoms with E-state index in [2.05, 4.69) is 9.97 Å². The van der Waals surface area contributed by atoms with Gasteiger partial charge in [0.2, 0.25) is 5.88 Å². The molecule has 6 N–H and O–H groups in total. The van der Waals surface area contributed by atoms with Crippen molar-refractivity contribution in [3.63, 3.8) is 0 Å². The largest absolute Gasteiger partial charge is 0.493 e. The van der Waals surface area contributed by atoms with Gasteiger partial charge in [-0.2, -0.15) is 9.97 Å². The van der Waals surface area contributed by atoms with Gasteiger partial charge in [0.1, 0.15) is 5.69 Å². The summed E-state index contributed by atoms with van der Waals surface area (Å²) in [6.45, 7) is 0. The molecule has 0 atom stereocenters. The normalized spacial score (nSPS) is 10.4. The topological polar surface area (TPSA) is 207 Å². The molecule has 0 amide bonds. The van der Waals surface area contributed by atoms with Gasteiger partial charge in [-0.25, -0.2) is 14.4 Å². The van der Waals surface area contributed by atoms with Gasteiger partial charge < -0.3 is 25.4 Å². The van der Waals surface area contributed by atoms with Crippen molar-refractivity contribution in [3.8, 4) is 23.0 Å². The Morgan fingerprint density at radius 2 is 1.55 bits per heavy atom. The monoisotopic (exact) mass is 310 g/mol. The Balaban J connectivity index is 3.01. The molecule has 0 aliphatic carbocycles. The maximum atomic E-state index is 11.8. The minimum Gasteiger partial charge on any atom is -0.493 e. The third-order valence-electron chi connectivity index (χ3n) is 2.49. The fourth-order valence-corrected chi connectivity index (χ4v) is 1.71. The first-order valence-electron chi connectivity index (χ1n) is 5.36. The number of nitrogens with zero attached hydrogens (tertiary/aromatic N) is 2. The van der Waals surface area contributed by atoms with E-state index < -0.39 is 57.6 Å². The molecule has 0 bridgehead atoms. The van der Waals surface area contributed by atoms with Gasteiger partial charge in [0.05, 0.1) is 11.1 Å². The van der Waals surface area contributed by atoms with E-state index in [9.17, 15) is 24.3 Å². The number of hydrogen-bond donors (Lipinski definition) is 6. The second kappa shape index (κ2) is 5.01. The van der Waals surface area contributed by atoms with Crippen LogP contribution in [0.4, 0.5) is 0 Å². The SMILES string of the molecule is O=C(O)c1nc(O)nc(O)c1-c1c(C(=O)O)[nH]c(=O)[nH]c1=O. The lowest BCUT2D eigenvalue weighted by Crippen LogP contribution is -2.28. The molecule has 12 heteroatoms. The van der Waals surface area contributed by atoms with Crippen molar-refractivity contribution in [1.29, 1.82) is 0 Å². The first-order valence-corrected chi connectivity index (χ1v) is 5.36. The molecular formula is C10H6N4O8. The van der Waals surface area contributed by atoms with Gasteiger partial charge in [-0.05, 0) is 0 Å². The van der Waals surface area contributed by atoms with Crippen LogP contribution in [-0.4, -0.2) is 52.3 Å². The number of carbonyl (C=O) groups is 2. The van der Waals surface area contributed by atoms with E-state index in [0.29, 0.717) is 0 Å². The summed E-state index contributed by atoms with van der Waals surface area (Å²) < 4.78 is 0. The average molecular weight is 310 g/mol. The van der Waals surface area contributed by atoms with E-state index >= 15 is 0 Å². The van der Waals surface area contributed by atoms with Gasteiger partial charge >= 0.3 is 23.6 Å². The van der Waals surface area contributed by atoms with E-state index in [-0.39, 0.29) is 0 Å². The van der Waals surface area contributed by atoms with Gasteiger partial charge in [-0.3, -0.25) is 9.78 Å². The molecule has 0 unspecified atom stereocenters. The summed E-state index contributed by atoms with van der Waals surface area (Å²) in [5, 5.41) is 36.8. The summed E-state index contributed by atoms with van der Waals surface area (Å²) in [4.78, 5) is 54.8. The Labute approximate surface area is 118 Å². The van der Waals surface area contributed by atoms with Crippen LogP contribution in [0.1, 0.15) is 21.0 Å². The smallest absolute Gasteiger partial charge is 0.355 e. The number of rotatable bonds is 3. The second-order valence-electron chi connectivity index (χ2n) is 3.84. The van der Waals surface area contributed by atoms with Gasteiger partial charge in [0.25, 0.3) is 5.56 Å². The molecular weight excluding hydrogens is 304 g/mol. The maximum Gasteiger partial charge on any atom is 0.355 e. The fourth-order valence-electron chi connectivity index (χ4n) is 1.71. The number of hydrogen-bond acceptors (Lipinski definition) is 8. The molecule has 0 saturated carbocycles. The van der Waals surface area contributed by atoms with Crippen LogP contribution in [0, 0.1) is 0 Å². The van der Waals surface area contributed by atoms with Gasteiger partial charge in [-0.1, -0.05) is 0 Å². The predicted molar refractivity (Wildman–Crippen MR) is 66.0 cm³/mol. The van der Waals surface area contributed by atoms with Crippen molar-refractivity contribution in [3.05, 3.63) is 32.2 Å². The number of carboxylic acids is 2. The third-order valence-corrected chi connectivity index (χ3v) is 2.49. The Kier molecular flexibility index (Phi) is 3.35. The van der Waals surface area contributed by atoms with E-state index in [0.717, 1.165) is 0 Å². The third kappa shape index (κ3) is 2.35. The number of nitrogens with one attached hydrogen (secondary N) is 2. The van der Waals surface area contributed by atoms with Crippen LogP contribution in [0.15, 0.2) is 9.59 Å². The van der Waals surface area contributed by atoms with Gasteiger partial charge in [-0.15, -0.1) is 0 Å². The summed E-state index contributed by atoms with van der Waals surface area (Å²) in [6.07, 6.45) is 0. The molecule has 2 aromatic heterocycles. The predicted octanol–water partition coefficient (Wildman–Crippen LogP) is -1.67. The number of aromatic amines is 2. The lowest BCUT2D eigenvalue weighted by molar-refractivity contribution is 0.0676. The average Bonchev–Trinajstić information content (AvgIpc) is 2.38. The van der Waals surface area contributed by atoms with Crippen LogP contribution >= 0.6 is 0 Å². The number of aromatic carboxylic acids is 2. The number of aromatic nitrogens is 4. The molecule has 0 aromatic carbocycles. The van der Waals surface area contributed by atoms with Crippen LogP contribution in [0.2, 0.25) is 0 Å². The Bertz CT molecular complexity index is 912. The highest BCUT2D eigenvalue weighted by Crippen LogP contribution is 2.30. The molecule has 2 heterocycles. The van der Waals surface area contributed by atoms with Crippen molar-refractivity contribution >= 4 is 11.9 Å². The fraction of sp³-hybridized carbons (Fsp3) is 0. The molecule has 0 fully saturated rings. The molecule has 0 aliphatic rings. The first-order chi connectivity index (χ1) is 10.2. The first kappa shape index (κ1) is 14.7. The highest BCUT2D eigenvalue weighted by Gasteiger charge is 2.28. The zero-order valence-corrected chi connectivity index (χ0v) is 10.3. The summed E-state index contributed by atoms with van der Waals surface area (Å²) in [7, 11) is 0. The van der Waals surface area contributed by atoms with Crippen LogP contribution in [0.3, 0.4) is 0 Å². The van der Waals surface area contributed by atoms with Crippen molar-refractivity contribution in [2.45, 2.75) is 0 Å². The number of H-pyrrole nitrogens is 2. The van der Waals surface area contributed by atoms with Crippen molar-refractivity contribution < 1.29 is 30.0 Å². The molecule has 0 saturated heterocycles. The lowest BCUT2D eigenvalue weighted by Gasteiger charge is -2.08. The van der Waals surface area contributed by atoms with Crippen LogP contribution in [0.5, 0.6) is 11.9 Å². The van der Waals surface area contributed by atoms with Gasteiger partial charge in [0, 0.05) is 0 Å².